The Bertz CT molecular complexity index is 905. The zero-order valence-electron chi connectivity index (χ0n) is 14.6. The number of anilines is 1. The van der Waals surface area contributed by atoms with Crippen molar-refractivity contribution >= 4 is 17.0 Å². The van der Waals surface area contributed by atoms with Gasteiger partial charge in [0.1, 0.15) is 24.1 Å². The van der Waals surface area contributed by atoms with Gasteiger partial charge in [0.05, 0.1) is 13.4 Å². The number of aromatic hydroxyl groups is 1. The molecule has 8 heteroatoms. The number of imidazole rings is 1. The van der Waals surface area contributed by atoms with Crippen LogP contribution in [0.2, 0.25) is 0 Å². The summed E-state index contributed by atoms with van der Waals surface area (Å²) < 4.78 is 13.1. The van der Waals surface area contributed by atoms with Crippen molar-refractivity contribution in [3.63, 3.8) is 0 Å². The molecule has 0 spiro atoms. The fraction of sp³-hybridized carbons (Fsp3) is 0.389. The molecule has 2 aromatic heterocycles. The monoisotopic (exact) mass is 355 g/mol. The number of rotatable bonds is 5. The number of nitrogens with one attached hydrogen (secondary N) is 1. The minimum absolute atomic E-state index is 0.0197. The van der Waals surface area contributed by atoms with Crippen LogP contribution >= 0.6 is 0 Å². The number of hydrogen-bond acceptors (Lipinski definition) is 7. The first-order chi connectivity index (χ1) is 12.8. The van der Waals surface area contributed by atoms with E-state index in [4.69, 9.17) is 9.47 Å². The van der Waals surface area contributed by atoms with Crippen LogP contribution in [0.25, 0.3) is 11.2 Å². The highest BCUT2D eigenvalue weighted by Crippen LogP contribution is 2.28. The van der Waals surface area contributed by atoms with E-state index in [0.717, 1.165) is 37.1 Å². The van der Waals surface area contributed by atoms with Crippen LogP contribution in [-0.2, 0) is 11.3 Å². The molecule has 26 heavy (non-hydrogen) atoms. The molecular formula is C18H21N5O3. The lowest BCUT2D eigenvalue weighted by Gasteiger charge is -2.23. The summed E-state index contributed by atoms with van der Waals surface area (Å²) >= 11 is 0. The van der Waals surface area contributed by atoms with Crippen LogP contribution in [0.15, 0.2) is 30.9 Å². The van der Waals surface area contributed by atoms with Crippen molar-refractivity contribution in [3.8, 4) is 11.5 Å². The molecule has 1 aliphatic rings. The lowest BCUT2D eigenvalue weighted by molar-refractivity contribution is -0.0298. The van der Waals surface area contributed by atoms with Crippen LogP contribution in [0.3, 0.4) is 0 Å². The maximum atomic E-state index is 9.58. The third-order valence-electron chi connectivity index (χ3n) is 4.54. The van der Waals surface area contributed by atoms with Crippen molar-refractivity contribution in [1.82, 2.24) is 19.5 Å². The molecule has 1 aliphatic heterocycles. The summed E-state index contributed by atoms with van der Waals surface area (Å²) in [5, 5.41) is 12.9. The van der Waals surface area contributed by atoms with Gasteiger partial charge in [-0.3, -0.25) is 4.57 Å². The number of methoxy groups -OCH3 is 1. The van der Waals surface area contributed by atoms with E-state index < -0.39 is 0 Å². The first kappa shape index (κ1) is 16.6. The molecule has 0 saturated carbocycles. The smallest absolute Gasteiger partial charge is 0.167 e. The molecule has 2 N–H and O–H groups in total. The molecular weight excluding hydrogens is 334 g/mol. The molecule has 1 atom stereocenters. The molecule has 1 unspecified atom stereocenters. The molecule has 3 aromatic rings. The van der Waals surface area contributed by atoms with Gasteiger partial charge in [-0.05, 0) is 31.4 Å². The zero-order chi connectivity index (χ0) is 17.9. The highest BCUT2D eigenvalue weighted by Gasteiger charge is 2.20. The van der Waals surface area contributed by atoms with Gasteiger partial charge in [0.15, 0.2) is 17.0 Å². The van der Waals surface area contributed by atoms with E-state index in [9.17, 15) is 5.11 Å². The standard InChI is InChI=1S/C18H21N5O3/c1-25-14-8-13(24)6-5-12(14)9-19-17-16-18(21-10-20-17)23(11-22-16)15-4-2-3-7-26-15/h5-6,8,10-11,15,24H,2-4,7,9H2,1H3,(H,19,20,21). The topological polar surface area (TPSA) is 94.3 Å². The second-order valence-corrected chi connectivity index (χ2v) is 6.22. The lowest BCUT2D eigenvalue weighted by Crippen LogP contribution is -2.17. The summed E-state index contributed by atoms with van der Waals surface area (Å²) in [6, 6.07) is 5.03. The number of ether oxygens (including phenoxy) is 2. The Kier molecular flexibility index (Phi) is 4.57. The Morgan fingerprint density at radius 1 is 1.31 bits per heavy atom. The first-order valence-electron chi connectivity index (χ1n) is 8.65. The average molecular weight is 355 g/mol. The number of phenols is 1. The Balaban J connectivity index is 1.58. The summed E-state index contributed by atoms with van der Waals surface area (Å²) in [6.45, 7) is 1.25. The van der Waals surface area contributed by atoms with Crippen molar-refractivity contribution in [1.29, 1.82) is 0 Å². The highest BCUT2D eigenvalue weighted by molar-refractivity contribution is 5.82. The van der Waals surface area contributed by atoms with E-state index in [-0.39, 0.29) is 12.0 Å². The normalized spacial score (nSPS) is 17.3. The number of aromatic nitrogens is 4. The van der Waals surface area contributed by atoms with E-state index in [1.54, 1.807) is 25.6 Å². The third kappa shape index (κ3) is 3.15. The van der Waals surface area contributed by atoms with Crippen molar-refractivity contribution in [2.75, 3.05) is 19.0 Å². The molecule has 8 nitrogen and oxygen atoms in total. The molecule has 0 amide bonds. The highest BCUT2D eigenvalue weighted by atomic mass is 16.5. The van der Waals surface area contributed by atoms with Crippen molar-refractivity contribution in [3.05, 3.63) is 36.4 Å². The fourth-order valence-electron chi connectivity index (χ4n) is 3.19. The molecule has 1 aromatic carbocycles. The van der Waals surface area contributed by atoms with Gasteiger partial charge in [-0.2, -0.15) is 0 Å². The lowest BCUT2D eigenvalue weighted by atomic mass is 10.2. The Hall–Kier alpha value is -2.87. The predicted molar refractivity (Wildman–Crippen MR) is 96.1 cm³/mol. The van der Waals surface area contributed by atoms with Gasteiger partial charge in [0.2, 0.25) is 0 Å². The van der Waals surface area contributed by atoms with Gasteiger partial charge in [0, 0.05) is 24.8 Å². The van der Waals surface area contributed by atoms with Gasteiger partial charge in [-0.15, -0.1) is 0 Å². The second kappa shape index (κ2) is 7.17. The number of nitrogens with zero attached hydrogens (tertiary/aromatic N) is 4. The van der Waals surface area contributed by atoms with Gasteiger partial charge in [-0.25, -0.2) is 15.0 Å². The molecule has 4 rings (SSSR count). The second-order valence-electron chi connectivity index (χ2n) is 6.22. The van der Waals surface area contributed by atoms with Crippen LogP contribution in [0, 0.1) is 0 Å². The molecule has 0 bridgehead atoms. The average Bonchev–Trinajstić information content (AvgIpc) is 3.12. The minimum Gasteiger partial charge on any atom is -0.508 e. The number of phenolic OH excluding ortho intramolecular Hbond substituents is 1. The SMILES string of the molecule is COc1cc(O)ccc1CNc1ncnc2c1ncn2C1CCCCO1. The van der Waals surface area contributed by atoms with Crippen molar-refractivity contribution in [2.45, 2.75) is 32.0 Å². The van der Waals surface area contributed by atoms with Crippen LogP contribution in [0.1, 0.15) is 31.1 Å². The molecule has 0 radical (unpaired) electrons. The van der Waals surface area contributed by atoms with Crippen molar-refractivity contribution < 1.29 is 14.6 Å². The quantitative estimate of drug-likeness (QED) is 0.727. The Labute approximate surface area is 150 Å². The fourth-order valence-corrected chi connectivity index (χ4v) is 3.19. The predicted octanol–water partition coefficient (Wildman–Crippen LogP) is 2.85. The maximum absolute atomic E-state index is 9.58. The number of fused-ring (bicyclic) bond motifs is 1. The van der Waals surface area contributed by atoms with E-state index in [2.05, 4.69) is 20.3 Å². The zero-order valence-corrected chi connectivity index (χ0v) is 14.6. The van der Waals surface area contributed by atoms with E-state index >= 15 is 0 Å². The summed E-state index contributed by atoms with van der Waals surface area (Å²) in [6.07, 6.45) is 6.47. The maximum Gasteiger partial charge on any atom is 0.167 e. The van der Waals surface area contributed by atoms with Crippen LogP contribution in [0.5, 0.6) is 11.5 Å². The Morgan fingerprint density at radius 2 is 2.23 bits per heavy atom. The van der Waals surface area contributed by atoms with Gasteiger partial charge in [0.25, 0.3) is 0 Å². The summed E-state index contributed by atoms with van der Waals surface area (Å²) in [5.41, 5.74) is 2.37. The molecule has 1 saturated heterocycles. The van der Waals surface area contributed by atoms with Crippen LogP contribution in [-0.4, -0.2) is 38.3 Å². The molecule has 0 aliphatic carbocycles. The van der Waals surface area contributed by atoms with E-state index in [1.807, 2.05) is 10.6 Å². The van der Waals surface area contributed by atoms with Crippen molar-refractivity contribution in [2.24, 2.45) is 0 Å². The van der Waals surface area contributed by atoms with Gasteiger partial charge in [-0.1, -0.05) is 0 Å². The van der Waals surface area contributed by atoms with Gasteiger partial charge < -0.3 is 19.9 Å². The van der Waals surface area contributed by atoms with E-state index in [0.29, 0.717) is 23.6 Å². The number of benzene rings is 1. The summed E-state index contributed by atoms with van der Waals surface area (Å²) in [5.74, 6) is 1.44. The molecule has 3 heterocycles. The Morgan fingerprint density at radius 3 is 3.04 bits per heavy atom. The van der Waals surface area contributed by atoms with Crippen LogP contribution < -0.4 is 10.1 Å². The third-order valence-corrected chi connectivity index (χ3v) is 4.54. The van der Waals surface area contributed by atoms with Gasteiger partial charge >= 0.3 is 0 Å². The molecule has 1 fully saturated rings. The van der Waals surface area contributed by atoms with E-state index in [1.165, 1.54) is 6.33 Å². The summed E-state index contributed by atoms with van der Waals surface area (Å²) in [7, 11) is 1.58. The molecule has 136 valence electrons. The summed E-state index contributed by atoms with van der Waals surface area (Å²) in [4.78, 5) is 13.2. The number of hydrogen-bond donors (Lipinski definition) is 2. The largest absolute Gasteiger partial charge is 0.508 e. The van der Waals surface area contributed by atoms with Crippen LogP contribution in [0.4, 0.5) is 5.82 Å². The minimum atomic E-state index is -0.0197. The first-order valence-corrected chi connectivity index (χ1v) is 8.65.